The van der Waals surface area contributed by atoms with Crippen molar-refractivity contribution in [2.24, 2.45) is 23.2 Å². The van der Waals surface area contributed by atoms with Gasteiger partial charge < -0.3 is 5.11 Å². The van der Waals surface area contributed by atoms with E-state index in [1.54, 1.807) is 0 Å². The van der Waals surface area contributed by atoms with E-state index in [4.69, 9.17) is 0 Å². The van der Waals surface area contributed by atoms with Crippen LogP contribution in [0.1, 0.15) is 19.3 Å². The molecule has 0 spiro atoms. The zero-order valence-corrected chi connectivity index (χ0v) is 6.86. The number of fused-ring (bicyclic) bond motifs is 5. The molecular weight excluding hydrogens is 152 g/mol. The minimum atomic E-state index is -0.554. The molecule has 3 rings (SSSR count). The van der Waals surface area contributed by atoms with E-state index < -0.39 is 5.97 Å². The van der Waals surface area contributed by atoms with Gasteiger partial charge in [0.15, 0.2) is 0 Å². The number of aliphatic carboxylic acids is 1. The third kappa shape index (κ3) is 0.501. The van der Waals surface area contributed by atoms with Gasteiger partial charge in [0.1, 0.15) is 0 Å². The van der Waals surface area contributed by atoms with E-state index in [1.165, 1.54) is 0 Å². The highest BCUT2D eigenvalue weighted by Crippen LogP contribution is 2.64. The fourth-order valence-corrected chi connectivity index (χ4v) is 3.44. The van der Waals surface area contributed by atoms with Crippen molar-refractivity contribution in [1.82, 2.24) is 0 Å². The van der Waals surface area contributed by atoms with Crippen LogP contribution in [0.4, 0.5) is 0 Å². The van der Waals surface area contributed by atoms with E-state index in [0.717, 1.165) is 19.3 Å². The molecule has 1 N–H and O–H groups in total. The molecule has 4 unspecified atom stereocenters. The van der Waals surface area contributed by atoms with Crippen LogP contribution in [-0.2, 0) is 4.79 Å². The van der Waals surface area contributed by atoms with Crippen LogP contribution < -0.4 is 0 Å². The average molecular weight is 164 g/mol. The molecule has 0 aromatic heterocycles. The van der Waals surface area contributed by atoms with Gasteiger partial charge in [0.2, 0.25) is 0 Å². The summed E-state index contributed by atoms with van der Waals surface area (Å²) in [5.74, 6) is 1.14. The maximum absolute atomic E-state index is 11.1. The van der Waals surface area contributed by atoms with Crippen molar-refractivity contribution in [3.63, 3.8) is 0 Å². The molecule has 2 heteroatoms. The fraction of sp³-hybridized carbons (Fsp3) is 0.700. The average Bonchev–Trinajstić information content (AvgIpc) is 2.38. The monoisotopic (exact) mass is 164 g/mol. The number of rotatable bonds is 1. The molecule has 0 aromatic carbocycles. The number of carboxylic acid groups (broad SMARTS) is 1. The predicted octanol–water partition coefficient (Wildman–Crippen LogP) is 1.67. The van der Waals surface area contributed by atoms with Gasteiger partial charge in [-0.15, -0.1) is 0 Å². The molecular formula is C10H12O2. The minimum Gasteiger partial charge on any atom is -0.481 e. The maximum Gasteiger partial charge on any atom is 0.310 e. The molecule has 0 radical (unpaired) electrons. The van der Waals surface area contributed by atoms with E-state index >= 15 is 0 Å². The van der Waals surface area contributed by atoms with Crippen molar-refractivity contribution in [3.8, 4) is 0 Å². The Labute approximate surface area is 71.3 Å². The lowest BCUT2D eigenvalue weighted by Crippen LogP contribution is -2.39. The van der Waals surface area contributed by atoms with Crippen molar-refractivity contribution >= 4 is 5.97 Å². The Hall–Kier alpha value is -0.790. The Morgan fingerprint density at radius 3 is 2.75 bits per heavy atom. The van der Waals surface area contributed by atoms with Crippen LogP contribution in [0.15, 0.2) is 12.2 Å². The largest absolute Gasteiger partial charge is 0.481 e. The van der Waals surface area contributed by atoms with Crippen molar-refractivity contribution in [2.45, 2.75) is 19.3 Å². The summed E-state index contributed by atoms with van der Waals surface area (Å²) in [5.41, 5.74) is -0.343. The van der Waals surface area contributed by atoms with E-state index in [-0.39, 0.29) is 5.41 Å². The summed E-state index contributed by atoms with van der Waals surface area (Å²) >= 11 is 0. The third-order valence-corrected chi connectivity index (χ3v) is 4.15. The quantitative estimate of drug-likeness (QED) is 0.598. The first-order valence-corrected chi connectivity index (χ1v) is 4.66. The van der Waals surface area contributed by atoms with Crippen LogP contribution in [-0.4, -0.2) is 11.1 Å². The zero-order valence-electron chi connectivity index (χ0n) is 6.86. The molecule has 2 fully saturated rings. The van der Waals surface area contributed by atoms with Crippen LogP contribution in [0.3, 0.4) is 0 Å². The molecule has 64 valence electrons. The molecule has 3 aliphatic carbocycles. The van der Waals surface area contributed by atoms with Gasteiger partial charge in [-0.3, -0.25) is 4.79 Å². The van der Waals surface area contributed by atoms with Crippen molar-refractivity contribution in [2.75, 3.05) is 0 Å². The Morgan fingerprint density at radius 1 is 1.50 bits per heavy atom. The third-order valence-electron chi connectivity index (χ3n) is 4.15. The van der Waals surface area contributed by atoms with E-state index in [2.05, 4.69) is 12.2 Å². The second-order valence-electron chi connectivity index (χ2n) is 4.45. The van der Waals surface area contributed by atoms with Crippen LogP contribution in [0.2, 0.25) is 0 Å². The lowest BCUT2D eigenvalue weighted by atomic mass is 9.65. The van der Waals surface area contributed by atoms with E-state index in [9.17, 15) is 9.90 Å². The summed E-state index contributed by atoms with van der Waals surface area (Å²) < 4.78 is 0. The molecule has 4 atom stereocenters. The molecule has 0 aliphatic heterocycles. The molecule has 3 aliphatic rings. The van der Waals surface area contributed by atoms with E-state index in [1.807, 2.05) is 0 Å². The van der Waals surface area contributed by atoms with Crippen LogP contribution in [0, 0.1) is 23.2 Å². The Balaban J connectivity index is 2.06. The first kappa shape index (κ1) is 6.70. The molecule has 12 heavy (non-hydrogen) atoms. The summed E-state index contributed by atoms with van der Waals surface area (Å²) in [6, 6.07) is 0. The zero-order chi connectivity index (χ0) is 8.34. The minimum absolute atomic E-state index is 0.343. The Morgan fingerprint density at radius 2 is 2.33 bits per heavy atom. The number of hydrogen-bond donors (Lipinski definition) is 1. The van der Waals surface area contributed by atoms with Crippen molar-refractivity contribution < 1.29 is 9.90 Å². The van der Waals surface area contributed by atoms with Crippen molar-refractivity contribution in [3.05, 3.63) is 12.2 Å². The van der Waals surface area contributed by atoms with Gasteiger partial charge in [0.25, 0.3) is 0 Å². The van der Waals surface area contributed by atoms with Gasteiger partial charge in [-0.25, -0.2) is 0 Å². The number of carboxylic acids is 1. The lowest BCUT2D eigenvalue weighted by Gasteiger charge is -2.38. The molecule has 2 nitrogen and oxygen atoms in total. The lowest BCUT2D eigenvalue weighted by molar-refractivity contribution is -0.151. The summed E-state index contributed by atoms with van der Waals surface area (Å²) in [7, 11) is 0. The topological polar surface area (TPSA) is 37.3 Å². The summed E-state index contributed by atoms with van der Waals surface area (Å²) in [4.78, 5) is 11.1. The summed E-state index contributed by atoms with van der Waals surface area (Å²) in [6.45, 7) is 0. The van der Waals surface area contributed by atoms with Gasteiger partial charge in [-0.05, 0) is 37.0 Å². The number of hydrogen-bond acceptors (Lipinski definition) is 1. The standard InChI is InChI=1S/C10H12O2/c11-9(12)10-4-3-6(5-10)7-1-2-8(7)10/h1-2,6-8H,3-5H2,(H,11,12). The van der Waals surface area contributed by atoms with Crippen LogP contribution in [0.25, 0.3) is 0 Å². The first-order valence-electron chi connectivity index (χ1n) is 4.66. The summed E-state index contributed by atoms with van der Waals surface area (Å²) in [6.07, 6.45) is 7.30. The fourth-order valence-electron chi connectivity index (χ4n) is 3.44. The predicted molar refractivity (Wildman–Crippen MR) is 43.5 cm³/mol. The molecule has 2 saturated carbocycles. The van der Waals surface area contributed by atoms with Crippen molar-refractivity contribution in [1.29, 1.82) is 0 Å². The van der Waals surface area contributed by atoms with Gasteiger partial charge in [-0.1, -0.05) is 12.2 Å². The Kier molecular flexibility index (Phi) is 0.980. The van der Waals surface area contributed by atoms with Crippen LogP contribution >= 0.6 is 0 Å². The van der Waals surface area contributed by atoms with Crippen LogP contribution in [0.5, 0.6) is 0 Å². The molecule has 0 saturated heterocycles. The highest BCUT2D eigenvalue weighted by molar-refractivity contribution is 5.77. The number of carbonyl (C=O) groups is 1. The Bertz CT molecular complexity index is 282. The maximum atomic E-state index is 11.1. The first-order chi connectivity index (χ1) is 5.74. The number of allylic oxidation sites excluding steroid dienone is 2. The van der Waals surface area contributed by atoms with Gasteiger partial charge >= 0.3 is 5.97 Å². The summed E-state index contributed by atoms with van der Waals surface area (Å²) in [5, 5.41) is 9.18. The highest BCUT2D eigenvalue weighted by atomic mass is 16.4. The second kappa shape index (κ2) is 1.76. The van der Waals surface area contributed by atoms with Gasteiger partial charge in [0.05, 0.1) is 5.41 Å². The molecule has 0 heterocycles. The SMILES string of the molecule is O=C(O)C12CCC(C1)C1C=CC12. The van der Waals surface area contributed by atoms with Gasteiger partial charge in [-0.2, -0.15) is 0 Å². The smallest absolute Gasteiger partial charge is 0.310 e. The highest BCUT2D eigenvalue weighted by Gasteiger charge is 2.62. The molecule has 2 bridgehead atoms. The van der Waals surface area contributed by atoms with E-state index in [0.29, 0.717) is 17.8 Å². The normalized spacial score (nSPS) is 53.5. The van der Waals surface area contributed by atoms with Gasteiger partial charge in [0, 0.05) is 0 Å². The second-order valence-corrected chi connectivity index (χ2v) is 4.45. The molecule has 0 amide bonds. The molecule has 0 aromatic rings.